The molecular formula is C14H10ClNO5. The van der Waals surface area contributed by atoms with E-state index in [2.05, 4.69) is 0 Å². The molecule has 0 fully saturated rings. The Morgan fingerprint density at radius 3 is 2.43 bits per heavy atom. The van der Waals surface area contributed by atoms with Gasteiger partial charge in [-0.3, -0.25) is 14.9 Å². The van der Waals surface area contributed by atoms with Crippen LogP contribution in [0.2, 0.25) is 5.02 Å². The number of aldehydes is 1. The third-order valence-corrected chi connectivity index (χ3v) is 2.97. The molecule has 0 spiro atoms. The smallest absolute Gasteiger partial charge is 0.273 e. The number of nitro benzene ring substituents is 1. The predicted molar refractivity (Wildman–Crippen MR) is 76.6 cm³/mol. The number of carbonyl (C=O) groups is 1. The largest absolute Gasteiger partial charge is 0.493 e. The Kier molecular flexibility index (Phi) is 4.39. The second kappa shape index (κ2) is 6.23. The first-order chi connectivity index (χ1) is 10.0. The number of hydrogen-bond donors (Lipinski definition) is 0. The maximum atomic E-state index is 10.7. The van der Waals surface area contributed by atoms with E-state index in [4.69, 9.17) is 21.1 Å². The Balaban J connectivity index is 2.35. The Bertz CT molecular complexity index is 702. The van der Waals surface area contributed by atoms with Crippen LogP contribution in [0.15, 0.2) is 36.4 Å². The molecule has 0 aliphatic carbocycles. The molecule has 0 bridgehead atoms. The van der Waals surface area contributed by atoms with Crippen LogP contribution in [0.25, 0.3) is 0 Å². The maximum absolute atomic E-state index is 10.7. The summed E-state index contributed by atoms with van der Waals surface area (Å²) in [6.07, 6.45) is 0.669. The zero-order valence-electron chi connectivity index (χ0n) is 10.9. The van der Waals surface area contributed by atoms with E-state index in [1.807, 2.05) is 0 Å². The van der Waals surface area contributed by atoms with E-state index in [9.17, 15) is 14.9 Å². The van der Waals surface area contributed by atoms with Gasteiger partial charge in [0, 0.05) is 11.6 Å². The molecule has 0 unspecified atom stereocenters. The van der Waals surface area contributed by atoms with Crippen molar-refractivity contribution in [1.82, 2.24) is 0 Å². The van der Waals surface area contributed by atoms with E-state index in [-0.39, 0.29) is 22.2 Å². The molecule has 0 radical (unpaired) electrons. The van der Waals surface area contributed by atoms with Crippen molar-refractivity contribution in [3.63, 3.8) is 0 Å². The Morgan fingerprint density at radius 2 is 1.86 bits per heavy atom. The minimum atomic E-state index is -0.530. The van der Waals surface area contributed by atoms with Gasteiger partial charge in [-0.1, -0.05) is 11.6 Å². The number of ether oxygens (including phenoxy) is 2. The van der Waals surface area contributed by atoms with Crippen molar-refractivity contribution in [2.45, 2.75) is 0 Å². The molecule has 108 valence electrons. The van der Waals surface area contributed by atoms with Gasteiger partial charge >= 0.3 is 0 Å². The Morgan fingerprint density at radius 1 is 1.14 bits per heavy atom. The van der Waals surface area contributed by atoms with Crippen molar-refractivity contribution in [3.8, 4) is 17.2 Å². The van der Waals surface area contributed by atoms with Crippen LogP contribution in [0.1, 0.15) is 10.4 Å². The molecule has 0 N–H and O–H groups in total. The zero-order chi connectivity index (χ0) is 15.4. The number of nitro groups is 1. The van der Waals surface area contributed by atoms with E-state index in [1.165, 1.54) is 37.4 Å². The lowest BCUT2D eigenvalue weighted by Crippen LogP contribution is -1.94. The van der Waals surface area contributed by atoms with Crippen LogP contribution in [-0.4, -0.2) is 18.3 Å². The standard InChI is InChI=1S/C14H10ClNO5/c1-20-14-7-10(16(18)19)3-5-13(14)21-12-4-2-9(8-17)6-11(12)15/h2-8H,1H3. The highest BCUT2D eigenvalue weighted by Crippen LogP contribution is 2.37. The van der Waals surface area contributed by atoms with E-state index >= 15 is 0 Å². The van der Waals surface area contributed by atoms with Crippen LogP contribution >= 0.6 is 11.6 Å². The molecule has 2 rings (SSSR count). The van der Waals surface area contributed by atoms with E-state index < -0.39 is 4.92 Å². The van der Waals surface area contributed by atoms with Gasteiger partial charge < -0.3 is 9.47 Å². The fourth-order valence-electron chi connectivity index (χ4n) is 1.65. The molecule has 0 saturated heterocycles. The van der Waals surface area contributed by atoms with Crippen molar-refractivity contribution in [2.75, 3.05) is 7.11 Å². The third kappa shape index (κ3) is 3.29. The molecule has 0 aliphatic rings. The quantitative estimate of drug-likeness (QED) is 0.476. The molecule has 21 heavy (non-hydrogen) atoms. The molecule has 6 nitrogen and oxygen atoms in total. The average Bonchev–Trinajstić information content (AvgIpc) is 2.49. The Labute approximate surface area is 125 Å². The fraction of sp³-hybridized carbons (Fsp3) is 0.0714. The van der Waals surface area contributed by atoms with E-state index in [0.29, 0.717) is 17.6 Å². The number of rotatable bonds is 5. The van der Waals surface area contributed by atoms with Gasteiger partial charge in [0.2, 0.25) is 0 Å². The zero-order valence-corrected chi connectivity index (χ0v) is 11.7. The number of halogens is 1. The van der Waals surface area contributed by atoms with Gasteiger partial charge in [-0.2, -0.15) is 0 Å². The summed E-state index contributed by atoms with van der Waals surface area (Å²) in [6.45, 7) is 0. The first kappa shape index (κ1) is 14.8. The average molecular weight is 308 g/mol. The van der Waals surface area contributed by atoms with Crippen LogP contribution < -0.4 is 9.47 Å². The molecule has 0 saturated carbocycles. The maximum Gasteiger partial charge on any atom is 0.273 e. The molecule has 2 aromatic rings. The lowest BCUT2D eigenvalue weighted by Gasteiger charge is -2.11. The van der Waals surface area contributed by atoms with E-state index in [1.54, 1.807) is 6.07 Å². The van der Waals surface area contributed by atoms with Gasteiger partial charge in [0.25, 0.3) is 5.69 Å². The number of non-ortho nitro benzene ring substituents is 1. The molecule has 0 aromatic heterocycles. The highest BCUT2D eigenvalue weighted by Gasteiger charge is 2.14. The van der Waals surface area contributed by atoms with E-state index in [0.717, 1.165) is 0 Å². The van der Waals surface area contributed by atoms with Crippen molar-refractivity contribution in [3.05, 3.63) is 57.1 Å². The molecule has 0 heterocycles. The molecule has 0 amide bonds. The van der Waals surface area contributed by atoms with Crippen LogP contribution in [0.5, 0.6) is 17.2 Å². The lowest BCUT2D eigenvalue weighted by molar-refractivity contribution is -0.384. The second-order valence-electron chi connectivity index (χ2n) is 4.00. The second-order valence-corrected chi connectivity index (χ2v) is 4.41. The summed E-state index contributed by atoms with van der Waals surface area (Å²) < 4.78 is 10.6. The summed E-state index contributed by atoms with van der Waals surface area (Å²) in [5, 5.41) is 11.0. The third-order valence-electron chi connectivity index (χ3n) is 2.67. The molecule has 2 aromatic carbocycles. The first-order valence-corrected chi connectivity index (χ1v) is 6.18. The van der Waals surface area contributed by atoms with Gasteiger partial charge in [-0.25, -0.2) is 0 Å². The fourth-order valence-corrected chi connectivity index (χ4v) is 1.87. The van der Waals surface area contributed by atoms with Gasteiger partial charge in [0.05, 0.1) is 23.1 Å². The monoisotopic (exact) mass is 307 g/mol. The summed E-state index contributed by atoms with van der Waals surface area (Å²) in [7, 11) is 1.38. The Hall–Kier alpha value is -2.60. The van der Waals surface area contributed by atoms with Gasteiger partial charge in [-0.05, 0) is 24.3 Å². The van der Waals surface area contributed by atoms with Gasteiger partial charge in [0.15, 0.2) is 11.5 Å². The summed E-state index contributed by atoms with van der Waals surface area (Å²) in [4.78, 5) is 20.8. The lowest BCUT2D eigenvalue weighted by atomic mass is 10.2. The van der Waals surface area contributed by atoms with Crippen molar-refractivity contribution < 1.29 is 19.2 Å². The van der Waals surface area contributed by atoms with Gasteiger partial charge in [0.1, 0.15) is 12.0 Å². The van der Waals surface area contributed by atoms with Crippen LogP contribution in [-0.2, 0) is 0 Å². The van der Waals surface area contributed by atoms with Crippen molar-refractivity contribution >= 4 is 23.6 Å². The predicted octanol–water partition coefficient (Wildman–Crippen LogP) is 3.86. The van der Waals surface area contributed by atoms with Gasteiger partial charge in [-0.15, -0.1) is 0 Å². The molecule has 0 atom stereocenters. The van der Waals surface area contributed by atoms with Crippen LogP contribution in [0.3, 0.4) is 0 Å². The number of methoxy groups -OCH3 is 1. The summed E-state index contributed by atoms with van der Waals surface area (Å²) in [6, 6.07) is 8.51. The van der Waals surface area contributed by atoms with Crippen molar-refractivity contribution in [2.24, 2.45) is 0 Å². The summed E-state index contributed by atoms with van der Waals surface area (Å²) in [5.74, 6) is 0.804. The highest BCUT2D eigenvalue weighted by molar-refractivity contribution is 6.32. The number of benzene rings is 2. The molecular weight excluding hydrogens is 298 g/mol. The first-order valence-electron chi connectivity index (χ1n) is 5.80. The highest BCUT2D eigenvalue weighted by atomic mass is 35.5. The number of carbonyl (C=O) groups excluding carboxylic acids is 1. The number of hydrogen-bond acceptors (Lipinski definition) is 5. The number of nitrogens with zero attached hydrogens (tertiary/aromatic N) is 1. The van der Waals surface area contributed by atoms with Crippen molar-refractivity contribution in [1.29, 1.82) is 0 Å². The van der Waals surface area contributed by atoms with Crippen LogP contribution in [0, 0.1) is 10.1 Å². The normalized spacial score (nSPS) is 10.0. The SMILES string of the molecule is COc1cc([N+](=O)[O-])ccc1Oc1ccc(C=O)cc1Cl. The molecule has 7 heteroatoms. The summed E-state index contributed by atoms with van der Waals surface area (Å²) in [5.41, 5.74) is 0.310. The minimum Gasteiger partial charge on any atom is -0.493 e. The topological polar surface area (TPSA) is 78.7 Å². The minimum absolute atomic E-state index is 0.110. The summed E-state index contributed by atoms with van der Waals surface area (Å²) >= 11 is 6.00. The molecule has 0 aliphatic heterocycles. The van der Waals surface area contributed by atoms with Crippen LogP contribution in [0.4, 0.5) is 5.69 Å².